The number of urea groups is 1. The first-order valence-electron chi connectivity index (χ1n) is 7.87. The Morgan fingerprint density at radius 3 is 2.70 bits per heavy atom. The molecule has 1 heterocycles. The highest BCUT2D eigenvalue weighted by atomic mass is 16.4. The topological polar surface area (TPSA) is 69.6 Å². The van der Waals surface area contributed by atoms with Gasteiger partial charge < -0.3 is 15.3 Å². The molecule has 1 aliphatic carbocycles. The summed E-state index contributed by atoms with van der Waals surface area (Å²) in [6, 6.07) is 0.411. The van der Waals surface area contributed by atoms with E-state index in [1.807, 2.05) is 4.90 Å². The molecule has 2 fully saturated rings. The molecule has 2 aliphatic rings. The van der Waals surface area contributed by atoms with Crippen LogP contribution in [0.15, 0.2) is 0 Å². The molecule has 0 spiro atoms. The second-order valence-corrected chi connectivity index (χ2v) is 6.21. The second-order valence-electron chi connectivity index (χ2n) is 6.21. The molecule has 0 bridgehead atoms. The predicted molar refractivity (Wildman–Crippen MR) is 76.5 cm³/mol. The monoisotopic (exact) mass is 282 g/mol. The molecule has 1 saturated heterocycles. The third kappa shape index (κ3) is 3.64. The molecule has 2 rings (SSSR count). The van der Waals surface area contributed by atoms with Crippen molar-refractivity contribution in [2.24, 2.45) is 11.8 Å². The first-order valence-corrected chi connectivity index (χ1v) is 7.87. The molecule has 3 unspecified atom stereocenters. The Labute approximate surface area is 120 Å². The van der Waals surface area contributed by atoms with E-state index in [1.165, 1.54) is 25.7 Å². The number of carbonyl (C=O) groups is 2. The van der Waals surface area contributed by atoms with Crippen LogP contribution in [0.1, 0.15) is 51.9 Å². The Kier molecular flexibility index (Phi) is 5.26. The van der Waals surface area contributed by atoms with Crippen LogP contribution in [-0.4, -0.2) is 41.1 Å². The van der Waals surface area contributed by atoms with Crippen molar-refractivity contribution >= 4 is 12.0 Å². The zero-order valence-electron chi connectivity index (χ0n) is 12.3. The molecular formula is C15H26N2O3. The largest absolute Gasteiger partial charge is 0.481 e. The summed E-state index contributed by atoms with van der Waals surface area (Å²) in [6.45, 7) is 2.97. The summed E-state index contributed by atoms with van der Waals surface area (Å²) < 4.78 is 0. The third-order valence-corrected chi connectivity index (χ3v) is 4.78. The van der Waals surface area contributed by atoms with E-state index < -0.39 is 11.9 Å². The number of carbonyl (C=O) groups excluding carboxylic acids is 1. The number of hydrogen-bond acceptors (Lipinski definition) is 2. The summed E-state index contributed by atoms with van der Waals surface area (Å²) in [5.74, 6) is -0.523. The van der Waals surface area contributed by atoms with Gasteiger partial charge in [-0.05, 0) is 38.0 Å². The zero-order valence-corrected chi connectivity index (χ0v) is 12.3. The van der Waals surface area contributed by atoms with Crippen LogP contribution < -0.4 is 5.32 Å². The van der Waals surface area contributed by atoms with E-state index >= 15 is 0 Å². The van der Waals surface area contributed by atoms with Gasteiger partial charge in [0.1, 0.15) is 0 Å². The van der Waals surface area contributed by atoms with Gasteiger partial charge in [-0.1, -0.05) is 19.8 Å². The summed E-state index contributed by atoms with van der Waals surface area (Å²) in [6.07, 6.45) is 7.75. The Hall–Kier alpha value is -1.26. The lowest BCUT2D eigenvalue weighted by molar-refractivity contribution is -0.141. The minimum atomic E-state index is -0.801. The third-order valence-electron chi connectivity index (χ3n) is 4.78. The molecule has 114 valence electrons. The molecule has 0 aromatic carbocycles. The van der Waals surface area contributed by atoms with Crippen molar-refractivity contribution in [3.8, 4) is 0 Å². The number of aliphatic carboxylic acids is 1. The summed E-state index contributed by atoms with van der Waals surface area (Å²) >= 11 is 0. The van der Waals surface area contributed by atoms with Crippen LogP contribution in [0.5, 0.6) is 0 Å². The van der Waals surface area contributed by atoms with Crippen LogP contribution in [0.4, 0.5) is 4.79 Å². The fourth-order valence-electron chi connectivity index (χ4n) is 3.50. The van der Waals surface area contributed by atoms with Crippen molar-refractivity contribution in [2.75, 3.05) is 13.1 Å². The van der Waals surface area contributed by atoms with E-state index in [9.17, 15) is 9.59 Å². The fourth-order valence-corrected chi connectivity index (χ4v) is 3.50. The van der Waals surface area contributed by atoms with E-state index in [1.54, 1.807) is 6.92 Å². The highest BCUT2D eigenvalue weighted by molar-refractivity contribution is 5.75. The molecular weight excluding hydrogens is 256 g/mol. The van der Waals surface area contributed by atoms with E-state index in [2.05, 4.69) is 5.32 Å². The van der Waals surface area contributed by atoms with Gasteiger partial charge in [0.05, 0.1) is 5.92 Å². The number of rotatable bonds is 4. The van der Waals surface area contributed by atoms with Gasteiger partial charge in [-0.3, -0.25) is 4.79 Å². The van der Waals surface area contributed by atoms with Crippen LogP contribution in [0.2, 0.25) is 0 Å². The van der Waals surface area contributed by atoms with Gasteiger partial charge >= 0.3 is 12.0 Å². The van der Waals surface area contributed by atoms with Gasteiger partial charge in [-0.25, -0.2) is 4.79 Å². The molecule has 3 atom stereocenters. The molecule has 1 aliphatic heterocycles. The Bertz CT molecular complexity index is 357. The van der Waals surface area contributed by atoms with Gasteiger partial charge in [0.2, 0.25) is 0 Å². The number of fused-ring (bicyclic) bond motifs is 1. The van der Waals surface area contributed by atoms with Crippen molar-refractivity contribution < 1.29 is 14.7 Å². The maximum Gasteiger partial charge on any atom is 0.317 e. The van der Waals surface area contributed by atoms with Crippen LogP contribution in [0.25, 0.3) is 0 Å². The number of likely N-dealkylation sites (tertiary alicyclic amines) is 1. The number of nitrogens with zero attached hydrogens (tertiary/aromatic N) is 1. The molecule has 0 aromatic rings. The van der Waals surface area contributed by atoms with Gasteiger partial charge in [0.15, 0.2) is 0 Å². The summed E-state index contributed by atoms with van der Waals surface area (Å²) in [4.78, 5) is 25.0. The van der Waals surface area contributed by atoms with Crippen LogP contribution >= 0.6 is 0 Å². The quantitative estimate of drug-likeness (QED) is 0.832. The number of piperidine rings is 1. The molecule has 5 heteroatoms. The summed E-state index contributed by atoms with van der Waals surface area (Å²) in [7, 11) is 0. The first-order chi connectivity index (χ1) is 9.59. The van der Waals surface area contributed by atoms with Crippen LogP contribution in [0, 0.1) is 11.8 Å². The standard InChI is InChI=1S/C15H26N2O3/c1-11(14(18)19)8-9-16-15(20)17-10-4-6-12-5-2-3-7-13(12)17/h11-13H,2-10H2,1H3,(H,16,20)(H,18,19). The summed E-state index contributed by atoms with van der Waals surface area (Å²) in [5, 5.41) is 11.7. The van der Waals surface area contributed by atoms with Crippen molar-refractivity contribution in [1.29, 1.82) is 0 Å². The molecule has 0 aromatic heterocycles. The van der Waals surface area contributed by atoms with E-state index in [0.29, 0.717) is 24.9 Å². The highest BCUT2D eigenvalue weighted by Gasteiger charge is 2.35. The molecule has 1 saturated carbocycles. The molecule has 5 nitrogen and oxygen atoms in total. The Morgan fingerprint density at radius 2 is 1.95 bits per heavy atom. The molecule has 2 N–H and O–H groups in total. The van der Waals surface area contributed by atoms with Crippen LogP contribution in [-0.2, 0) is 4.79 Å². The average molecular weight is 282 g/mol. The van der Waals surface area contributed by atoms with E-state index in [-0.39, 0.29) is 6.03 Å². The lowest BCUT2D eigenvalue weighted by Gasteiger charge is -2.44. The molecule has 20 heavy (non-hydrogen) atoms. The molecule has 2 amide bonds. The van der Waals surface area contributed by atoms with Gasteiger partial charge in [-0.2, -0.15) is 0 Å². The maximum absolute atomic E-state index is 12.3. The number of carboxylic acids is 1. The lowest BCUT2D eigenvalue weighted by Crippen LogP contribution is -2.53. The lowest BCUT2D eigenvalue weighted by atomic mass is 9.78. The smallest absolute Gasteiger partial charge is 0.317 e. The van der Waals surface area contributed by atoms with Crippen molar-refractivity contribution in [3.63, 3.8) is 0 Å². The number of carboxylic acid groups (broad SMARTS) is 1. The average Bonchev–Trinajstić information content (AvgIpc) is 2.46. The number of nitrogens with one attached hydrogen (secondary N) is 1. The van der Waals surface area contributed by atoms with E-state index in [4.69, 9.17) is 5.11 Å². The van der Waals surface area contributed by atoms with Gasteiger partial charge in [-0.15, -0.1) is 0 Å². The van der Waals surface area contributed by atoms with E-state index in [0.717, 1.165) is 19.4 Å². The molecule has 0 radical (unpaired) electrons. The van der Waals surface area contributed by atoms with Crippen molar-refractivity contribution in [1.82, 2.24) is 10.2 Å². The van der Waals surface area contributed by atoms with Gasteiger partial charge in [0, 0.05) is 19.1 Å². The fraction of sp³-hybridized carbons (Fsp3) is 0.867. The summed E-state index contributed by atoms with van der Waals surface area (Å²) in [5.41, 5.74) is 0. The normalized spacial score (nSPS) is 27.6. The Morgan fingerprint density at radius 1 is 1.25 bits per heavy atom. The van der Waals surface area contributed by atoms with Gasteiger partial charge in [0.25, 0.3) is 0 Å². The van der Waals surface area contributed by atoms with Crippen molar-refractivity contribution in [2.45, 2.75) is 57.9 Å². The SMILES string of the molecule is CC(CCNC(=O)N1CCCC2CCCCC21)C(=O)O. The maximum atomic E-state index is 12.3. The minimum absolute atomic E-state index is 0.000751. The number of hydrogen-bond donors (Lipinski definition) is 2. The second kappa shape index (κ2) is 6.95. The zero-order chi connectivity index (χ0) is 14.5. The first kappa shape index (κ1) is 15.1. The Balaban J connectivity index is 1.80. The predicted octanol–water partition coefficient (Wildman–Crippen LogP) is 2.46. The van der Waals surface area contributed by atoms with Crippen LogP contribution in [0.3, 0.4) is 0 Å². The number of amides is 2. The van der Waals surface area contributed by atoms with Crippen molar-refractivity contribution in [3.05, 3.63) is 0 Å². The highest BCUT2D eigenvalue weighted by Crippen LogP contribution is 2.35. The minimum Gasteiger partial charge on any atom is -0.481 e.